The van der Waals surface area contributed by atoms with Crippen LogP contribution in [0, 0.1) is 5.41 Å². The van der Waals surface area contributed by atoms with E-state index in [1.807, 2.05) is 13.8 Å². The number of hydrogen-bond donors (Lipinski definition) is 2. The highest BCUT2D eigenvalue weighted by molar-refractivity contribution is 5.68. The number of nitrogens with one attached hydrogen (secondary N) is 1. The molecule has 0 heterocycles. The van der Waals surface area contributed by atoms with E-state index in [1.165, 1.54) is 6.26 Å². The van der Waals surface area contributed by atoms with Gasteiger partial charge in [0, 0.05) is 0 Å². The molecule has 3 heteroatoms. The maximum absolute atomic E-state index is 6.60. The summed E-state index contributed by atoms with van der Waals surface area (Å²) < 4.78 is 4.50. The average Bonchev–Trinajstić information content (AvgIpc) is 1.61. The van der Waals surface area contributed by atoms with E-state index in [2.05, 4.69) is 4.74 Å². The molecule has 0 aliphatic carbocycles. The SMILES string of the molecule is CC(C)=COC(=N)N. The number of nitrogens with two attached hydrogens (primary N) is 1. The van der Waals surface area contributed by atoms with Crippen molar-refractivity contribution in [1.29, 1.82) is 5.41 Å². The van der Waals surface area contributed by atoms with E-state index in [1.54, 1.807) is 0 Å². The summed E-state index contributed by atoms with van der Waals surface area (Å²) in [5.74, 6) is 0. The van der Waals surface area contributed by atoms with Crippen molar-refractivity contribution < 1.29 is 4.74 Å². The summed E-state index contributed by atoms with van der Waals surface area (Å²) in [6.07, 6.45) is 1.43. The smallest absolute Gasteiger partial charge is 0.283 e. The minimum atomic E-state index is -0.272. The fourth-order valence-corrected chi connectivity index (χ4v) is 0.181. The van der Waals surface area contributed by atoms with Crippen LogP contribution >= 0.6 is 0 Å². The van der Waals surface area contributed by atoms with Crippen molar-refractivity contribution in [3.05, 3.63) is 11.8 Å². The van der Waals surface area contributed by atoms with Crippen LogP contribution in [-0.4, -0.2) is 6.02 Å². The highest BCUT2D eigenvalue weighted by Gasteiger charge is 1.80. The van der Waals surface area contributed by atoms with E-state index < -0.39 is 0 Å². The topological polar surface area (TPSA) is 59.1 Å². The zero-order valence-corrected chi connectivity index (χ0v) is 5.06. The van der Waals surface area contributed by atoms with Gasteiger partial charge in [-0.1, -0.05) is 0 Å². The second kappa shape index (κ2) is 3.07. The third kappa shape index (κ3) is 5.01. The van der Waals surface area contributed by atoms with Crippen molar-refractivity contribution in [2.75, 3.05) is 0 Å². The van der Waals surface area contributed by atoms with Crippen LogP contribution in [0.25, 0.3) is 0 Å². The van der Waals surface area contributed by atoms with Crippen LogP contribution in [0.3, 0.4) is 0 Å². The maximum atomic E-state index is 6.60. The molecule has 0 fully saturated rings. The lowest BCUT2D eigenvalue weighted by atomic mass is 10.4. The summed E-state index contributed by atoms with van der Waals surface area (Å²) in [6.45, 7) is 3.73. The van der Waals surface area contributed by atoms with Gasteiger partial charge in [-0.05, 0) is 19.4 Å². The summed E-state index contributed by atoms with van der Waals surface area (Å²) in [5.41, 5.74) is 5.84. The van der Waals surface area contributed by atoms with Crippen LogP contribution in [0.5, 0.6) is 0 Å². The van der Waals surface area contributed by atoms with Gasteiger partial charge < -0.3 is 10.5 Å². The number of rotatable bonds is 1. The first-order chi connectivity index (χ1) is 3.63. The Morgan fingerprint density at radius 2 is 2.12 bits per heavy atom. The van der Waals surface area contributed by atoms with Crippen molar-refractivity contribution in [1.82, 2.24) is 0 Å². The van der Waals surface area contributed by atoms with Gasteiger partial charge in [-0.15, -0.1) is 0 Å². The highest BCUT2D eigenvalue weighted by Crippen LogP contribution is 1.87. The zero-order chi connectivity index (χ0) is 6.57. The Morgan fingerprint density at radius 1 is 1.62 bits per heavy atom. The summed E-state index contributed by atoms with van der Waals surface area (Å²) in [6, 6.07) is -0.272. The fourth-order valence-electron chi connectivity index (χ4n) is 0.181. The molecule has 8 heavy (non-hydrogen) atoms. The normalized spacial score (nSPS) is 7.75. The molecule has 0 aromatic heterocycles. The molecule has 0 bridgehead atoms. The van der Waals surface area contributed by atoms with Gasteiger partial charge in [0.2, 0.25) is 0 Å². The summed E-state index contributed by atoms with van der Waals surface area (Å²) in [4.78, 5) is 0. The molecule has 0 saturated carbocycles. The molecule has 0 aliphatic rings. The Bertz CT molecular complexity index is 114. The van der Waals surface area contributed by atoms with Crippen LogP contribution in [0.2, 0.25) is 0 Å². The molecule has 0 aliphatic heterocycles. The van der Waals surface area contributed by atoms with Gasteiger partial charge in [0.1, 0.15) is 0 Å². The van der Waals surface area contributed by atoms with Gasteiger partial charge >= 0.3 is 0 Å². The molecule has 0 aromatic rings. The van der Waals surface area contributed by atoms with Crippen molar-refractivity contribution in [3.63, 3.8) is 0 Å². The second-order valence-corrected chi connectivity index (χ2v) is 1.68. The van der Waals surface area contributed by atoms with Gasteiger partial charge in [0.25, 0.3) is 6.02 Å². The highest BCUT2D eigenvalue weighted by atomic mass is 16.5. The Kier molecular flexibility index (Phi) is 2.69. The predicted octanol–water partition coefficient (Wildman–Crippen LogP) is 0.820. The summed E-state index contributed by atoms with van der Waals surface area (Å²) in [5, 5.41) is 6.60. The molecule has 0 saturated heterocycles. The van der Waals surface area contributed by atoms with Gasteiger partial charge in [0.15, 0.2) is 0 Å². The van der Waals surface area contributed by atoms with Gasteiger partial charge in [-0.25, -0.2) is 0 Å². The van der Waals surface area contributed by atoms with E-state index in [-0.39, 0.29) is 6.02 Å². The number of ether oxygens (including phenoxy) is 1. The Morgan fingerprint density at radius 3 is 2.25 bits per heavy atom. The van der Waals surface area contributed by atoms with E-state index in [0.717, 1.165) is 5.57 Å². The third-order valence-corrected chi connectivity index (χ3v) is 0.422. The molecule has 0 unspecified atom stereocenters. The fraction of sp³-hybridized carbons (Fsp3) is 0.400. The second-order valence-electron chi connectivity index (χ2n) is 1.68. The monoisotopic (exact) mass is 114 g/mol. The third-order valence-electron chi connectivity index (χ3n) is 0.422. The zero-order valence-electron chi connectivity index (χ0n) is 5.06. The lowest BCUT2D eigenvalue weighted by Gasteiger charge is -1.93. The van der Waals surface area contributed by atoms with Crippen molar-refractivity contribution in [2.24, 2.45) is 5.73 Å². The molecule has 3 N–H and O–H groups in total. The van der Waals surface area contributed by atoms with Gasteiger partial charge in [0.05, 0.1) is 6.26 Å². The first-order valence-electron chi connectivity index (χ1n) is 2.27. The molecule has 3 nitrogen and oxygen atoms in total. The maximum Gasteiger partial charge on any atom is 0.283 e. The van der Waals surface area contributed by atoms with E-state index in [4.69, 9.17) is 11.1 Å². The molecular formula is C5H10N2O. The van der Waals surface area contributed by atoms with E-state index in [9.17, 15) is 0 Å². The lowest BCUT2D eigenvalue weighted by molar-refractivity contribution is 0.454. The molecule has 0 amide bonds. The first kappa shape index (κ1) is 7.01. The Balaban J connectivity index is 3.45. The molecule has 46 valence electrons. The summed E-state index contributed by atoms with van der Waals surface area (Å²) in [7, 11) is 0. The number of allylic oxidation sites excluding steroid dienone is 1. The van der Waals surface area contributed by atoms with Gasteiger partial charge in [-0.2, -0.15) is 0 Å². The quantitative estimate of drug-likeness (QED) is 0.301. The van der Waals surface area contributed by atoms with Crippen LogP contribution in [0.1, 0.15) is 13.8 Å². The van der Waals surface area contributed by atoms with Crippen molar-refractivity contribution in [3.8, 4) is 0 Å². The Labute approximate surface area is 48.6 Å². The van der Waals surface area contributed by atoms with Crippen LogP contribution in [-0.2, 0) is 4.74 Å². The van der Waals surface area contributed by atoms with Crippen molar-refractivity contribution >= 4 is 6.02 Å². The number of amidine groups is 1. The van der Waals surface area contributed by atoms with Crippen LogP contribution < -0.4 is 5.73 Å². The standard InChI is InChI=1S/C5H10N2O/c1-4(2)3-8-5(6)7/h3H,1-2H3,(H3,6,7). The lowest BCUT2D eigenvalue weighted by Crippen LogP contribution is -2.10. The molecule has 0 aromatic carbocycles. The first-order valence-corrected chi connectivity index (χ1v) is 2.27. The molecule has 0 spiro atoms. The van der Waals surface area contributed by atoms with Crippen LogP contribution in [0.4, 0.5) is 0 Å². The van der Waals surface area contributed by atoms with Gasteiger partial charge in [-0.3, -0.25) is 5.41 Å². The average molecular weight is 114 g/mol. The molecule has 0 rings (SSSR count). The largest absolute Gasteiger partial charge is 0.434 e. The number of hydrogen-bond acceptors (Lipinski definition) is 2. The van der Waals surface area contributed by atoms with Crippen molar-refractivity contribution in [2.45, 2.75) is 13.8 Å². The molecule has 0 atom stereocenters. The minimum absolute atomic E-state index is 0.272. The molecular weight excluding hydrogens is 104 g/mol. The Hall–Kier alpha value is -0.990. The molecule has 0 radical (unpaired) electrons. The van der Waals surface area contributed by atoms with Crippen LogP contribution in [0.15, 0.2) is 11.8 Å². The predicted molar refractivity (Wildman–Crippen MR) is 32.4 cm³/mol. The van der Waals surface area contributed by atoms with E-state index in [0.29, 0.717) is 0 Å². The summed E-state index contributed by atoms with van der Waals surface area (Å²) >= 11 is 0. The van der Waals surface area contributed by atoms with E-state index >= 15 is 0 Å². The minimum Gasteiger partial charge on any atom is -0.434 e.